The first-order valence-corrected chi connectivity index (χ1v) is 5.51. The molecular weight excluding hydrogens is 208 g/mol. The fourth-order valence-electron chi connectivity index (χ4n) is 2.09. The van der Waals surface area contributed by atoms with Crippen molar-refractivity contribution in [2.24, 2.45) is 7.05 Å². The Morgan fingerprint density at radius 3 is 2.60 bits per heavy atom. The van der Waals surface area contributed by atoms with Crippen molar-refractivity contribution in [2.45, 2.75) is 26.7 Å². The van der Waals surface area contributed by atoms with Gasteiger partial charge in [0.25, 0.3) is 0 Å². The molecule has 0 aliphatic heterocycles. The van der Waals surface area contributed by atoms with Crippen molar-refractivity contribution in [3.05, 3.63) is 28.4 Å². The standard InChI is InChI=1S/C12H15ClN2/c1-7(2)12-9-5-8(3)6-10(13)11(9)14-15(12)4/h5-7H,1-4H3. The Balaban J connectivity index is 2.86. The van der Waals surface area contributed by atoms with Crippen LogP contribution in [0, 0.1) is 6.92 Å². The average molecular weight is 223 g/mol. The highest BCUT2D eigenvalue weighted by Gasteiger charge is 2.14. The van der Waals surface area contributed by atoms with E-state index in [-0.39, 0.29) is 0 Å². The molecule has 0 atom stereocenters. The molecule has 2 nitrogen and oxygen atoms in total. The summed E-state index contributed by atoms with van der Waals surface area (Å²) in [7, 11) is 1.97. The normalized spacial score (nSPS) is 11.6. The van der Waals surface area contributed by atoms with Gasteiger partial charge in [0.05, 0.1) is 5.02 Å². The maximum absolute atomic E-state index is 6.18. The van der Waals surface area contributed by atoms with Crippen molar-refractivity contribution in [3.63, 3.8) is 0 Å². The lowest BCUT2D eigenvalue weighted by Gasteiger charge is -2.06. The highest BCUT2D eigenvalue weighted by atomic mass is 35.5. The van der Waals surface area contributed by atoms with E-state index < -0.39 is 0 Å². The molecule has 2 aromatic rings. The minimum Gasteiger partial charge on any atom is -0.271 e. The van der Waals surface area contributed by atoms with Crippen LogP contribution in [0.3, 0.4) is 0 Å². The van der Waals surface area contributed by atoms with Crippen LogP contribution in [0.5, 0.6) is 0 Å². The monoisotopic (exact) mass is 222 g/mol. The highest BCUT2D eigenvalue weighted by molar-refractivity contribution is 6.35. The summed E-state index contributed by atoms with van der Waals surface area (Å²) >= 11 is 6.18. The Bertz CT molecular complexity index is 512. The SMILES string of the molecule is Cc1cc(Cl)c2nn(C)c(C(C)C)c2c1. The van der Waals surface area contributed by atoms with Crippen LogP contribution in [0.15, 0.2) is 12.1 Å². The molecule has 0 amide bonds. The number of aromatic nitrogens is 2. The van der Waals surface area contributed by atoms with Crippen molar-refractivity contribution in [2.75, 3.05) is 0 Å². The third kappa shape index (κ3) is 1.63. The van der Waals surface area contributed by atoms with E-state index in [1.807, 2.05) is 17.8 Å². The number of halogens is 1. The zero-order valence-corrected chi connectivity index (χ0v) is 10.3. The summed E-state index contributed by atoms with van der Waals surface area (Å²) in [4.78, 5) is 0. The predicted molar refractivity (Wildman–Crippen MR) is 64.6 cm³/mol. The predicted octanol–water partition coefficient (Wildman–Crippen LogP) is 3.66. The van der Waals surface area contributed by atoms with E-state index in [1.54, 1.807) is 0 Å². The van der Waals surface area contributed by atoms with E-state index in [2.05, 4.69) is 31.9 Å². The molecule has 0 fully saturated rings. The van der Waals surface area contributed by atoms with Crippen LogP contribution in [0.4, 0.5) is 0 Å². The number of benzene rings is 1. The van der Waals surface area contributed by atoms with Crippen LogP contribution in [0.25, 0.3) is 10.9 Å². The first-order chi connectivity index (χ1) is 7.00. The number of nitrogens with zero attached hydrogens (tertiary/aromatic N) is 2. The molecule has 0 bridgehead atoms. The summed E-state index contributed by atoms with van der Waals surface area (Å²) in [5, 5.41) is 6.38. The third-order valence-electron chi connectivity index (χ3n) is 2.63. The van der Waals surface area contributed by atoms with Gasteiger partial charge in [-0.15, -0.1) is 0 Å². The maximum atomic E-state index is 6.18. The van der Waals surface area contributed by atoms with Crippen molar-refractivity contribution < 1.29 is 0 Å². The van der Waals surface area contributed by atoms with E-state index >= 15 is 0 Å². The van der Waals surface area contributed by atoms with Gasteiger partial charge in [-0.05, 0) is 30.5 Å². The largest absolute Gasteiger partial charge is 0.271 e. The Hall–Kier alpha value is -1.02. The molecule has 0 unspecified atom stereocenters. The Labute approximate surface area is 94.8 Å². The molecule has 0 N–H and O–H groups in total. The quantitative estimate of drug-likeness (QED) is 0.720. The molecule has 0 radical (unpaired) electrons. The molecular formula is C12H15ClN2. The summed E-state index contributed by atoms with van der Waals surface area (Å²) < 4.78 is 1.93. The van der Waals surface area contributed by atoms with Gasteiger partial charge in [-0.25, -0.2) is 0 Å². The molecule has 2 rings (SSSR count). The fourth-order valence-corrected chi connectivity index (χ4v) is 2.41. The van der Waals surface area contributed by atoms with Crippen LogP contribution in [0.1, 0.15) is 31.0 Å². The summed E-state index contributed by atoms with van der Waals surface area (Å²) in [5.74, 6) is 0.456. The number of rotatable bonds is 1. The van der Waals surface area contributed by atoms with Crippen LogP contribution >= 0.6 is 11.6 Å². The lowest BCUT2D eigenvalue weighted by Crippen LogP contribution is -1.99. The molecule has 1 aromatic heterocycles. The Morgan fingerprint density at radius 2 is 2.00 bits per heavy atom. The first kappa shape index (κ1) is 10.5. The summed E-state index contributed by atoms with van der Waals surface area (Å²) in [6.07, 6.45) is 0. The van der Waals surface area contributed by atoms with Gasteiger partial charge < -0.3 is 0 Å². The first-order valence-electron chi connectivity index (χ1n) is 5.13. The van der Waals surface area contributed by atoms with E-state index in [0.717, 1.165) is 10.5 Å². The van der Waals surface area contributed by atoms with Crippen molar-refractivity contribution in [1.82, 2.24) is 9.78 Å². The van der Waals surface area contributed by atoms with Gasteiger partial charge >= 0.3 is 0 Å². The molecule has 0 saturated carbocycles. The third-order valence-corrected chi connectivity index (χ3v) is 2.92. The maximum Gasteiger partial charge on any atom is 0.111 e. The number of hydrogen-bond donors (Lipinski definition) is 0. The number of aryl methyl sites for hydroxylation is 2. The topological polar surface area (TPSA) is 17.8 Å². The molecule has 0 spiro atoms. The summed E-state index contributed by atoms with van der Waals surface area (Å²) in [5.41, 5.74) is 3.34. The van der Waals surface area contributed by atoms with E-state index in [9.17, 15) is 0 Å². The minimum atomic E-state index is 0.456. The molecule has 0 aliphatic rings. The van der Waals surface area contributed by atoms with Gasteiger partial charge in [0, 0.05) is 18.1 Å². The lowest BCUT2D eigenvalue weighted by atomic mass is 10.0. The molecule has 3 heteroatoms. The molecule has 0 aliphatic carbocycles. The van der Waals surface area contributed by atoms with Gasteiger partial charge in [-0.2, -0.15) is 5.10 Å². The van der Waals surface area contributed by atoms with Gasteiger partial charge in [0.1, 0.15) is 5.52 Å². The summed E-state index contributed by atoms with van der Waals surface area (Å²) in [6, 6.07) is 4.12. The van der Waals surface area contributed by atoms with E-state index in [0.29, 0.717) is 5.92 Å². The van der Waals surface area contributed by atoms with Crippen molar-refractivity contribution in [1.29, 1.82) is 0 Å². The lowest BCUT2D eigenvalue weighted by molar-refractivity contribution is 0.677. The Morgan fingerprint density at radius 1 is 1.33 bits per heavy atom. The molecule has 80 valence electrons. The van der Waals surface area contributed by atoms with Gasteiger partial charge in [-0.1, -0.05) is 25.4 Å². The van der Waals surface area contributed by atoms with Crippen LogP contribution in [-0.2, 0) is 7.05 Å². The molecule has 0 saturated heterocycles. The second-order valence-corrected chi connectivity index (χ2v) is 4.71. The molecule has 1 heterocycles. The van der Waals surface area contributed by atoms with Crippen LogP contribution in [0.2, 0.25) is 5.02 Å². The molecule has 15 heavy (non-hydrogen) atoms. The van der Waals surface area contributed by atoms with E-state index in [4.69, 9.17) is 11.6 Å². The smallest absolute Gasteiger partial charge is 0.111 e. The second kappa shape index (κ2) is 3.53. The fraction of sp³-hybridized carbons (Fsp3) is 0.417. The highest BCUT2D eigenvalue weighted by Crippen LogP contribution is 2.30. The van der Waals surface area contributed by atoms with E-state index in [1.165, 1.54) is 16.6 Å². The van der Waals surface area contributed by atoms with Gasteiger partial charge in [0.2, 0.25) is 0 Å². The number of hydrogen-bond acceptors (Lipinski definition) is 1. The average Bonchev–Trinajstić information content (AvgIpc) is 2.41. The van der Waals surface area contributed by atoms with Crippen molar-refractivity contribution in [3.8, 4) is 0 Å². The second-order valence-electron chi connectivity index (χ2n) is 4.31. The van der Waals surface area contributed by atoms with Gasteiger partial charge in [-0.3, -0.25) is 4.68 Å². The Kier molecular flexibility index (Phi) is 2.47. The van der Waals surface area contributed by atoms with Crippen LogP contribution in [-0.4, -0.2) is 9.78 Å². The zero-order chi connectivity index (χ0) is 11.2. The van der Waals surface area contributed by atoms with Gasteiger partial charge in [0.15, 0.2) is 0 Å². The zero-order valence-electron chi connectivity index (χ0n) is 9.50. The number of fused-ring (bicyclic) bond motifs is 1. The summed E-state index contributed by atoms with van der Waals surface area (Å²) in [6.45, 7) is 6.40. The van der Waals surface area contributed by atoms with Crippen molar-refractivity contribution >= 4 is 22.5 Å². The van der Waals surface area contributed by atoms with Crippen LogP contribution < -0.4 is 0 Å². The minimum absolute atomic E-state index is 0.456. The molecule has 1 aromatic carbocycles.